The number of rotatable bonds is 4. The zero-order chi connectivity index (χ0) is 10.6. The Balaban J connectivity index is 2.59. The van der Waals surface area contributed by atoms with Crippen molar-refractivity contribution in [1.29, 1.82) is 0 Å². The van der Waals surface area contributed by atoms with Gasteiger partial charge in [0.25, 0.3) is 0 Å². The van der Waals surface area contributed by atoms with E-state index in [2.05, 4.69) is 16.5 Å². The molecule has 0 fully saturated rings. The average molecular weight is 214 g/mol. The first kappa shape index (κ1) is 10.8. The average Bonchev–Trinajstić information content (AvgIpc) is 2.12. The van der Waals surface area contributed by atoms with Crippen molar-refractivity contribution in [2.45, 2.75) is 13.3 Å². The second kappa shape index (κ2) is 4.81. The minimum atomic E-state index is 0.229. The molecule has 76 valence electrons. The maximum atomic E-state index is 5.81. The lowest BCUT2D eigenvalue weighted by Gasteiger charge is -2.06. The predicted octanol–water partition coefficient (Wildman–Crippen LogP) is 2.06. The molecule has 1 aromatic heterocycles. The molecule has 0 bridgehead atoms. The van der Waals surface area contributed by atoms with Crippen molar-refractivity contribution in [1.82, 2.24) is 9.97 Å². The number of nitrogens with two attached hydrogens (primary N) is 1. The van der Waals surface area contributed by atoms with E-state index in [-0.39, 0.29) is 10.8 Å². The van der Waals surface area contributed by atoms with Gasteiger partial charge in [-0.1, -0.05) is 17.2 Å². The first-order chi connectivity index (χ1) is 6.61. The molecule has 2 N–H and O–H groups in total. The summed E-state index contributed by atoms with van der Waals surface area (Å²) in [6.45, 7) is 6.18. The van der Waals surface area contributed by atoms with Crippen molar-refractivity contribution in [2.24, 2.45) is 0 Å². The Kier molecular flexibility index (Phi) is 3.71. The first-order valence-corrected chi connectivity index (χ1v) is 4.52. The Morgan fingerprint density at radius 3 is 3.00 bits per heavy atom. The minimum Gasteiger partial charge on any atom is -0.476 e. The second-order valence-corrected chi connectivity index (χ2v) is 3.31. The Bertz CT molecular complexity index is 341. The third-order valence-corrected chi connectivity index (χ3v) is 1.91. The Hall–Kier alpha value is -1.29. The van der Waals surface area contributed by atoms with Crippen LogP contribution >= 0.6 is 11.6 Å². The summed E-state index contributed by atoms with van der Waals surface area (Å²) in [6, 6.07) is 0. The molecule has 0 aromatic carbocycles. The number of nitrogen functional groups attached to an aromatic ring is 1. The van der Waals surface area contributed by atoms with E-state index in [4.69, 9.17) is 22.1 Å². The fourth-order valence-corrected chi connectivity index (χ4v) is 0.941. The summed E-state index contributed by atoms with van der Waals surface area (Å²) in [5, 5.41) is 0.259. The topological polar surface area (TPSA) is 61.0 Å². The molecule has 0 aliphatic heterocycles. The fraction of sp³-hybridized carbons (Fsp3) is 0.333. The summed E-state index contributed by atoms with van der Waals surface area (Å²) in [4.78, 5) is 7.58. The van der Waals surface area contributed by atoms with Crippen LogP contribution < -0.4 is 10.5 Å². The van der Waals surface area contributed by atoms with E-state index < -0.39 is 0 Å². The standard InChI is InChI=1S/C9H12ClN3O/c1-6(2)3-4-14-9-7(10)8(11)12-5-13-9/h5H,1,3-4H2,2H3,(H2,11,12,13). The molecule has 1 heterocycles. The van der Waals surface area contributed by atoms with Gasteiger partial charge in [0.2, 0.25) is 5.88 Å². The monoisotopic (exact) mass is 213 g/mol. The first-order valence-electron chi connectivity index (χ1n) is 4.14. The summed E-state index contributed by atoms with van der Waals surface area (Å²) >= 11 is 5.81. The molecule has 0 radical (unpaired) electrons. The maximum absolute atomic E-state index is 5.81. The SMILES string of the molecule is C=C(C)CCOc1ncnc(N)c1Cl. The maximum Gasteiger partial charge on any atom is 0.237 e. The number of hydrogen-bond donors (Lipinski definition) is 1. The van der Waals surface area contributed by atoms with Gasteiger partial charge in [-0.25, -0.2) is 9.97 Å². The van der Waals surface area contributed by atoms with Crippen LogP contribution in [-0.4, -0.2) is 16.6 Å². The molecule has 0 aliphatic carbocycles. The number of anilines is 1. The van der Waals surface area contributed by atoms with E-state index in [1.54, 1.807) is 0 Å². The number of ether oxygens (including phenoxy) is 1. The van der Waals surface area contributed by atoms with Gasteiger partial charge < -0.3 is 10.5 Å². The van der Waals surface area contributed by atoms with Crippen molar-refractivity contribution >= 4 is 17.4 Å². The Labute approximate surface area is 87.8 Å². The van der Waals surface area contributed by atoms with Gasteiger partial charge in [-0.2, -0.15) is 0 Å². The molecule has 0 saturated carbocycles. The summed E-state index contributed by atoms with van der Waals surface area (Å²) in [5.41, 5.74) is 6.52. The molecule has 14 heavy (non-hydrogen) atoms. The Morgan fingerprint density at radius 2 is 2.36 bits per heavy atom. The van der Waals surface area contributed by atoms with Gasteiger partial charge in [0.1, 0.15) is 17.2 Å². The lowest BCUT2D eigenvalue weighted by atomic mass is 10.3. The van der Waals surface area contributed by atoms with E-state index in [1.165, 1.54) is 6.33 Å². The highest BCUT2D eigenvalue weighted by molar-refractivity contribution is 6.33. The van der Waals surface area contributed by atoms with E-state index in [1.807, 2.05) is 6.92 Å². The molecule has 4 nitrogen and oxygen atoms in total. The molecule has 0 spiro atoms. The molecule has 0 aliphatic rings. The third kappa shape index (κ3) is 2.88. The van der Waals surface area contributed by atoms with E-state index in [9.17, 15) is 0 Å². The molecule has 5 heteroatoms. The van der Waals surface area contributed by atoms with Crippen molar-refractivity contribution < 1.29 is 4.74 Å². The third-order valence-electron chi connectivity index (χ3n) is 1.55. The molecule has 1 rings (SSSR count). The highest BCUT2D eigenvalue weighted by atomic mass is 35.5. The molecule has 0 unspecified atom stereocenters. The summed E-state index contributed by atoms with van der Waals surface area (Å²) in [7, 11) is 0. The molecular weight excluding hydrogens is 202 g/mol. The van der Waals surface area contributed by atoms with Gasteiger partial charge in [-0.05, 0) is 6.92 Å². The van der Waals surface area contributed by atoms with Gasteiger partial charge in [-0.3, -0.25) is 0 Å². The lowest BCUT2D eigenvalue weighted by Crippen LogP contribution is -2.02. The highest BCUT2D eigenvalue weighted by Crippen LogP contribution is 2.25. The molecule has 0 amide bonds. The summed E-state index contributed by atoms with van der Waals surface area (Å²) in [5.74, 6) is 0.549. The van der Waals surface area contributed by atoms with Crippen molar-refractivity contribution in [3.63, 3.8) is 0 Å². The fourth-order valence-electron chi connectivity index (χ4n) is 0.789. The normalized spacial score (nSPS) is 9.86. The molecular formula is C9H12ClN3O. The van der Waals surface area contributed by atoms with Crippen LogP contribution in [-0.2, 0) is 0 Å². The predicted molar refractivity (Wildman–Crippen MR) is 56.4 cm³/mol. The Morgan fingerprint density at radius 1 is 1.64 bits per heavy atom. The van der Waals surface area contributed by atoms with Crippen molar-refractivity contribution in [3.05, 3.63) is 23.5 Å². The van der Waals surface area contributed by atoms with Crippen LogP contribution in [0.1, 0.15) is 13.3 Å². The van der Waals surface area contributed by atoms with Crippen LogP contribution in [0.2, 0.25) is 5.02 Å². The van der Waals surface area contributed by atoms with Crippen LogP contribution in [0.4, 0.5) is 5.82 Å². The van der Waals surface area contributed by atoms with Gasteiger partial charge in [0.05, 0.1) is 6.61 Å². The van der Waals surface area contributed by atoms with Crippen molar-refractivity contribution in [3.8, 4) is 5.88 Å². The van der Waals surface area contributed by atoms with Crippen LogP contribution in [0.15, 0.2) is 18.5 Å². The van der Waals surface area contributed by atoms with Gasteiger partial charge in [0.15, 0.2) is 0 Å². The van der Waals surface area contributed by atoms with Gasteiger partial charge >= 0.3 is 0 Å². The largest absolute Gasteiger partial charge is 0.476 e. The van der Waals surface area contributed by atoms with Gasteiger partial charge in [0, 0.05) is 6.42 Å². The summed E-state index contributed by atoms with van der Waals surface area (Å²) < 4.78 is 5.30. The number of halogens is 1. The number of aromatic nitrogens is 2. The van der Waals surface area contributed by atoms with E-state index in [0.29, 0.717) is 12.5 Å². The van der Waals surface area contributed by atoms with Crippen molar-refractivity contribution in [2.75, 3.05) is 12.3 Å². The summed E-state index contributed by atoms with van der Waals surface area (Å²) in [6.07, 6.45) is 2.08. The molecule has 1 aromatic rings. The zero-order valence-corrected chi connectivity index (χ0v) is 8.71. The van der Waals surface area contributed by atoms with E-state index in [0.717, 1.165) is 12.0 Å². The smallest absolute Gasteiger partial charge is 0.237 e. The lowest BCUT2D eigenvalue weighted by molar-refractivity contribution is 0.309. The van der Waals surface area contributed by atoms with Crippen LogP contribution in [0.5, 0.6) is 5.88 Å². The quantitative estimate of drug-likeness (QED) is 0.778. The zero-order valence-electron chi connectivity index (χ0n) is 7.96. The number of hydrogen-bond acceptors (Lipinski definition) is 4. The second-order valence-electron chi connectivity index (χ2n) is 2.93. The van der Waals surface area contributed by atoms with E-state index >= 15 is 0 Å². The number of nitrogens with zero attached hydrogens (tertiary/aromatic N) is 2. The van der Waals surface area contributed by atoms with Gasteiger partial charge in [-0.15, -0.1) is 6.58 Å². The molecule has 0 saturated heterocycles. The van der Waals surface area contributed by atoms with Crippen LogP contribution in [0.25, 0.3) is 0 Å². The van der Waals surface area contributed by atoms with Crippen LogP contribution in [0, 0.1) is 0 Å². The van der Waals surface area contributed by atoms with Crippen LogP contribution in [0.3, 0.4) is 0 Å². The molecule has 0 atom stereocenters. The highest BCUT2D eigenvalue weighted by Gasteiger charge is 2.06. The minimum absolute atomic E-state index is 0.229.